The third kappa shape index (κ3) is 1.81. The molecule has 1 heterocycles. The summed E-state index contributed by atoms with van der Waals surface area (Å²) in [5, 5.41) is -0.154. The van der Waals surface area contributed by atoms with E-state index < -0.39 is 0 Å². The highest BCUT2D eigenvalue weighted by Gasteiger charge is 2.39. The van der Waals surface area contributed by atoms with Crippen LogP contribution in [-0.4, -0.2) is 9.55 Å². The summed E-state index contributed by atoms with van der Waals surface area (Å²) in [6.07, 6.45) is 2.34. The lowest BCUT2D eigenvalue weighted by atomic mass is 10.3. The zero-order valence-electron chi connectivity index (χ0n) is 10.5. The average molecular weight is 267 g/mol. The van der Waals surface area contributed by atoms with Crippen LogP contribution < -0.4 is 0 Å². The predicted molar refractivity (Wildman–Crippen MR) is 71.4 cm³/mol. The van der Waals surface area contributed by atoms with E-state index in [9.17, 15) is 4.39 Å². The number of alkyl halides is 1. The molecule has 0 bridgehead atoms. The lowest BCUT2D eigenvalue weighted by Crippen LogP contribution is -2.03. The fourth-order valence-electron chi connectivity index (χ4n) is 2.71. The Kier molecular flexibility index (Phi) is 2.81. The van der Waals surface area contributed by atoms with Crippen molar-refractivity contribution >= 4 is 22.6 Å². The van der Waals surface area contributed by atoms with Crippen molar-refractivity contribution < 1.29 is 4.39 Å². The first kappa shape index (κ1) is 12.0. The number of hydrogen-bond donors (Lipinski definition) is 0. The van der Waals surface area contributed by atoms with Crippen LogP contribution in [0.5, 0.6) is 0 Å². The van der Waals surface area contributed by atoms with Crippen molar-refractivity contribution in [2.75, 3.05) is 0 Å². The summed E-state index contributed by atoms with van der Waals surface area (Å²) in [6.45, 7) is 4.12. The molecule has 0 amide bonds. The van der Waals surface area contributed by atoms with Gasteiger partial charge in [0.1, 0.15) is 11.6 Å². The van der Waals surface area contributed by atoms with Gasteiger partial charge in [0.2, 0.25) is 0 Å². The van der Waals surface area contributed by atoms with E-state index in [0.717, 1.165) is 11.3 Å². The largest absolute Gasteiger partial charge is 0.323 e. The van der Waals surface area contributed by atoms with Crippen LogP contribution in [0.15, 0.2) is 18.2 Å². The highest BCUT2D eigenvalue weighted by atomic mass is 35.5. The van der Waals surface area contributed by atoms with Gasteiger partial charge in [-0.05, 0) is 31.4 Å². The van der Waals surface area contributed by atoms with Crippen molar-refractivity contribution in [2.24, 2.45) is 5.92 Å². The van der Waals surface area contributed by atoms with Crippen molar-refractivity contribution in [2.45, 2.75) is 38.1 Å². The summed E-state index contributed by atoms with van der Waals surface area (Å²) < 4.78 is 15.5. The Labute approximate surface area is 111 Å². The van der Waals surface area contributed by atoms with Gasteiger partial charge < -0.3 is 4.57 Å². The maximum absolute atomic E-state index is 13.3. The minimum atomic E-state index is -0.247. The molecule has 1 aliphatic rings. The Morgan fingerprint density at radius 2 is 2.33 bits per heavy atom. The fourth-order valence-corrected chi connectivity index (χ4v) is 2.86. The number of imidazole rings is 1. The molecule has 2 nitrogen and oxygen atoms in total. The van der Waals surface area contributed by atoms with Gasteiger partial charge in [-0.15, -0.1) is 11.6 Å². The van der Waals surface area contributed by atoms with Crippen molar-refractivity contribution in [3.8, 4) is 0 Å². The number of rotatable bonds is 3. The smallest absolute Gasteiger partial charge is 0.127 e. The number of fused-ring (bicyclic) bond motifs is 1. The van der Waals surface area contributed by atoms with Gasteiger partial charge in [0.25, 0.3) is 0 Å². The summed E-state index contributed by atoms with van der Waals surface area (Å²) in [5.74, 6) is 1.32. The summed E-state index contributed by atoms with van der Waals surface area (Å²) in [5.41, 5.74) is 1.71. The average Bonchev–Trinajstić information content (AvgIpc) is 3.01. The molecule has 96 valence electrons. The van der Waals surface area contributed by atoms with Gasteiger partial charge in [-0.2, -0.15) is 0 Å². The summed E-state index contributed by atoms with van der Waals surface area (Å²) in [4.78, 5) is 4.49. The van der Waals surface area contributed by atoms with Gasteiger partial charge in [0.15, 0.2) is 0 Å². The van der Waals surface area contributed by atoms with E-state index >= 15 is 0 Å². The Balaban J connectivity index is 2.17. The zero-order valence-corrected chi connectivity index (χ0v) is 11.3. The molecule has 18 heavy (non-hydrogen) atoms. The first-order valence-corrected chi connectivity index (χ1v) is 6.87. The third-order valence-electron chi connectivity index (χ3n) is 3.78. The Morgan fingerprint density at radius 3 is 2.94 bits per heavy atom. The zero-order chi connectivity index (χ0) is 12.9. The standard InChI is InChI=1S/C14H16ClFN2/c1-3-9-6-13(9)18-12-5-4-10(16)7-11(12)17-14(18)8(2)15/h4-5,7-9,13H,3,6H2,1-2H3. The molecule has 3 rings (SSSR count). The number of halogens is 2. The minimum Gasteiger partial charge on any atom is -0.323 e. The van der Waals surface area contributed by atoms with E-state index in [-0.39, 0.29) is 11.2 Å². The predicted octanol–water partition coefficient (Wildman–Crippen LogP) is 4.45. The molecule has 1 aliphatic carbocycles. The normalized spacial score (nSPS) is 24.4. The molecule has 0 aliphatic heterocycles. The van der Waals surface area contributed by atoms with E-state index in [1.807, 2.05) is 13.0 Å². The summed E-state index contributed by atoms with van der Waals surface area (Å²) in [7, 11) is 0. The molecule has 2 aromatic rings. The molecule has 0 radical (unpaired) electrons. The van der Waals surface area contributed by atoms with Gasteiger partial charge in [-0.1, -0.05) is 13.3 Å². The molecule has 0 saturated heterocycles. The lowest BCUT2D eigenvalue weighted by molar-refractivity contribution is 0.622. The van der Waals surface area contributed by atoms with Crippen LogP contribution in [0.2, 0.25) is 0 Å². The third-order valence-corrected chi connectivity index (χ3v) is 3.97. The molecule has 0 spiro atoms. The first-order chi connectivity index (χ1) is 8.61. The number of hydrogen-bond acceptors (Lipinski definition) is 1. The highest BCUT2D eigenvalue weighted by Crippen LogP contribution is 2.48. The van der Waals surface area contributed by atoms with Crippen LogP contribution in [-0.2, 0) is 0 Å². The van der Waals surface area contributed by atoms with E-state index in [0.29, 0.717) is 17.5 Å². The van der Waals surface area contributed by atoms with E-state index in [2.05, 4.69) is 16.5 Å². The molecule has 1 saturated carbocycles. The van der Waals surface area contributed by atoms with Gasteiger partial charge in [0.05, 0.1) is 16.4 Å². The Bertz CT molecular complexity index is 591. The van der Waals surface area contributed by atoms with Crippen molar-refractivity contribution in [1.82, 2.24) is 9.55 Å². The van der Waals surface area contributed by atoms with E-state index in [1.165, 1.54) is 25.0 Å². The SMILES string of the molecule is CCC1CC1n1c(C(C)Cl)nc2cc(F)ccc21. The second kappa shape index (κ2) is 4.23. The van der Waals surface area contributed by atoms with Gasteiger partial charge in [0, 0.05) is 12.1 Å². The summed E-state index contributed by atoms with van der Waals surface area (Å²) in [6, 6.07) is 5.28. The Hall–Kier alpha value is -1.09. The molecule has 1 fully saturated rings. The van der Waals surface area contributed by atoms with Crippen LogP contribution in [0.4, 0.5) is 4.39 Å². The fraction of sp³-hybridized carbons (Fsp3) is 0.500. The second-order valence-corrected chi connectivity index (χ2v) is 5.72. The van der Waals surface area contributed by atoms with E-state index in [1.54, 1.807) is 0 Å². The quantitative estimate of drug-likeness (QED) is 0.751. The molecule has 3 atom stereocenters. The second-order valence-electron chi connectivity index (χ2n) is 5.06. The molecular weight excluding hydrogens is 251 g/mol. The highest BCUT2D eigenvalue weighted by molar-refractivity contribution is 6.20. The molecular formula is C14H16ClFN2. The van der Waals surface area contributed by atoms with Crippen LogP contribution in [0, 0.1) is 11.7 Å². The molecule has 0 N–H and O–H groups in total. The number of nitrogens with zero attached hydrogens (tertiary/aromatic N) is 2. The minimum absolute atomic E-state index is 0.154. The topological polar surface area (TPSA) is 17.8 Å². The lowest BCUT2D eigenvalue weighted by Gasteiger charge is -2.09. The molecule has 1 aromatic heterocycles. The van der Waals surface area contributed by atoms with Gasteiger partial charge >= 0.3 is 0 Å². The first-order valence-electron chi connectivity index (χ1n) is 6.43. The van der Waals surface area contributed by atoms with Crippen LogP contribution in [0.1, 0.15) is 43.9 Å². The van der Waals surface area contributed by atoms with E-state index in [4.69, 9.17) is 11.6 Å². The summed E-state index contributed by atoms with van der Waals surface area (Å²) >= 11 is 6.21. The van der Waals surface area contributed by atoms with Crippen molar-refractivity contribution in [3.63, 3.8) is 0 Å². The molecule has 3 unspecified atom stereocenters. The maximum Gasteiger partial charge on any atom is 0.127 e. The van der Waals surface area contributed by atoms with Gasteiger partial charge in [-0.3, -0.25) is 0 Å². The Morgan fingerprint density at radius 1 is 1.56 bits per heavy atom. The van der Waals surface area contributed by atoms with Crippen LogP contribution in [0.3, 0.4) is 0 Å². The number of benzene rings is 1. The van der Waals surface area contributed by atoms with Crippen molar-refractivity contribution in [3.05, 3.63) is 29.8 Å². The van der Waals surface area contributed by atoms with Crippen LogP contribution >= 0.6 is 11.6 Å². The van der Waals surface area contributed by atoms with Crippen LogP contribution in [0.25, 0.3) is 11.0 Å². The monoisotopic (exact) mass is 266 g/mol. The molecule has 1 aromatic carbocycles. The maximum atomic E-state index is 13.3. The number of aromatic nitrogens is 2. The van der Waals surface area contributed by atoms with Gasteiger partial charge in [-0.25, -0.2) is 9.37 Å². The van der Waals surface area contributed by atoms with Crippen molar-refractivity contribution in [1.29, 1.82) is 0 Å². The molecule has 4 heteroatoms.